The number of sulfonamides is 1. The zero-order valence-electron chi connectivity index (χ0n) is 12.8. The molecule has 7 heteroatoms. The van der Waals surface area contributed by atoms with E-state index in [0.717, 1.165) is 11.1 Å². The van der Waals surface area contributed by atoms with E-state index < -0.39 is 21.7 Å². The maximum absolute atomic E-state index is 12.8. The summed E-state index contributed by atoms with van der Waals surface area (Å²) in [5.74, 6) is -0.936. The number of hydrogen-bond donors (Lipinski definition) is 2. The fourth-order valence-corrected chi connectivity index (χ4v) is 2.84. The van der Waals surface area contributed by atoms with Crippen molar-refractivity contribution < 1.29 is 17.6 Å². The van der Waals surface area contributed by atoms with Crippen molar-refractivity contribution in [2.45, 2.75) is 25.2 Å². The van der Waals surface area contributed by atoms with Gasteiger partial charge in [-0.1, -0.05) is 18.2 Å². The van der Waals surface area contributed by atoms with Crippen molar-refractivity contribution in [1.82, 2.24) is 10.3 Å². The molecule has 23 heavy (non-hydrogen) atoms. The van der Waals surface area contributed by atoms with Gasteiger partial charge in [-0.2, -0.15) is 0 Å². The minimum atomic E-state index is -3.84. The molecule has 0 aromatic heterocycles. The Morgan fingerprint density at radius 2 is 1.70 bits per heavy atom. The van der Waals surface area contributed by atoms with E-state index >= 15 is 0 Å². The highest BCUT2D eigenvalue weighted by atomic mass is 32.2. The second-order valence-electron chi connectivity index (χ2n) is 5.20. The van der Waals surface area contributed by atoms with Crippen LogP contribution in [0.25, 0.3) is 0 Å². The fraction of sp³-hybridized carbons (Fsp3) is 0.188. The summed E-state index contributed by atoms with van der Waals surface area (Å²) in [6, 6.07) is 10.1. The third-order valence-corrected chi connectivity index (χ3v) is 4.64. The Labute approximate surface area is 134 Å². The summed E-state index contributed by atoms with van der Waals surface area (Å²) in [7, 11) is -3.84. The van der Waals surface area contributed by atoms with Gasteiger partial charge in [-0.05, 0) is 54.8 Å². The molecule has 5 nitrogen and oxygen atoms in total. The van der Waals surface area contributed by atoms with Crippen molar-refractivity contribution in [3.8, 4) is 0 Å². The van der Waals surface area contributed by atoms with E-state index in [2.05, 4.69) is 10.3 Å². The van der Waals surface area contributed by atoms with E-state index in [-0.39, 0.29) is 11.3 Å². The molecule has 0 heterocycles. The van der Waals surface area contributed by atoms with Gasteiger partial charge in [0.2, 0.25) is 5.91 Å². The van der Waals surface area contributed by atoms with Crippen molar-refractivity contribution in [2.24, 2.45) is 0 Å². The van der Waals surface area contributed by atoms with E-state index in [1.807, 2.05) is 13.8 Å². The Bertz CT molecular complexity index is 818. The van der Waals surface area contributed by atoms with Crippen LogP contribution in [0.2, 0.25) is 0 Å². The predicted molar refractivity (Wildman–Crippen MR) is 84.5 cm³/mol. The fourth-order valence-electron chi connectivity index (χ4n) is 1.90. The average molecular weight is 336 g/mol. The maximum Gasteiger partial charge on any atom is 0.257 e. The minimum Gasteiger partial charge on any atom is -0.277 e. The Hall–Kier alpha value is -2.25. The van der Waals surface area contributed by atoms with Crippen LogP contribution in [0, 0.1) is 19.7 Å². The van der Waals surface area contributed by atoms with Gasteiger partial charge in [0.05, 0.1) is 11.3 Å². The predicted octanol–water partition coefficient (Wildman–Crippen LogP) is 1.99. The number of halogens is 1. The van der Waals surface area contributed by atoms with Crippen LogP contribution >= 0.6 is 0 Å². The number of carbonyl (C=O) groups is 1. The molecule has 0 fully saturated rings. The van der Waals surface area contributed by atoms with Crippen LogP contribution in [0.15, 0.2) is 47.4 Å². The number of amides is 1. The van der Waals surface area contributed by atoms with Crippen molar-refractivity contribution in [3.63, 3.8) is 0 Å². The van der Waals surface area contributed by atoms with Crippen LogP contribution in [0.1, 0.15) is 16.7 Å². The smallest absolute Gasteiger partial charge is 0.257 e. The van der Waals surface area contributed by atoms with E-state index in [1.165, 1.54) is 36.4 Å². The summed E-state index contributed by atoms with van der Waals surface area (Å²) in [5.41, 5.74) is 4.54. The highest BCUT2D eigenvalue weighted by molar-refractivity contribution is 7.89. The van der Waals surface area contributed by atoms with Crippen LogP contribution in [-0.2, 0) is 21.2 Å². The Morgan fingerprint density at radius 3 is 2.30 bits per heavy atom. The van der Waals surface area contributed by atoms with Crippen molar-refractivity contribution >= 4 is 15.9 Å². The van der Waals surface area contributed by atoms with E-state index in [0.29, 0.717) is 5.56 Å². The highest BCUT2D eigenvalue weighted by Crippen LogP contribution is 2.14. The molecule has 0 unspecified atom stereocenters. The Kier molecular flexibility index (Phi) is 5.12. The molecule has 0 radical (unpaired) electrons. The number of nitrogens with one attached hydrogen (secondary N) is 2. The molecule has 1 amide bonds. The monoisotopic (exact) mass is 336 g/mol. The van der Waals surface area contributed by atoms with Gasteiger partial charge in [0.1, 0.15) is 5.82 Å². The third kappa shape index (κ3) is 4.61. The molecule has 0 aliphatic carbocycles. The molecule has 0 atom stereocenters. The van der Waals surface area contributed by atoms with Crippen LogP contribution in [0.5, 0.6) is 0 Å². The zero-order valence-corrected chi connectivity index (χ0v) is 13.6. The number of hydrazine groups is 1. The summed E-state index contributed by atoms with van der Waals surface area (Å²) >= 11 is 0. The molecule has 0 saturated carbocycles. The molecule has 0 aliphatic rings. The lowest BCUT2D eigenvalue weighted by Crippen LogP contribution is -2.42. The Morgan fingerprint density at radius 1 is 1.04 bits per heavy atom. The van der Waals surface area contributed by atoms with Gasteiger partial charge in [-0.25, -0.2) is 12.8 Å². The van der Waals surface area contributed by atoms with Gasteiger partial charge in [0.25, 0.3) is 10.0 Å². The standard InChI is InChI=1S/C16H17FN2O3S/c1-11-3-8-15(9-12(11)2)23(21,22)19-18-16(20)10-13-4-6-14(17)7-5-13/h3-9,19H,10H2,1-2H3,(H,18,20). The number of benzene rings is 2. The molecule has 0 bridgehead atoms. The van der Waals surface area contributed by atoms with Crippen LogP contribution < -0.4 is 10.3 Å². The molecule has 0 aliphatic heterocycles. The number of carbonyl (C=O) groups excluding carboxylic acids is 1. The third-order valence-electron chi connectivity index (χ3n) is 3.39. The number of rotatable bonds is 5. The van der Waals surface area contributed by atoms with E-state index in [1.54, 1.807) is 6.07 Å². The van der Waals surface area contributed by atoms with Gasteiger partial charge in [0, 0.05) is 0 Å². The lowest BCUT2D eigenvalue weighted by Gasteiger charge is -2.10. The maximum atomic E-state index is 12.8. The molecule has 0 saturated heterocycles. The number of hydrogen-bond acceptors (Lipinski definition) is 3. The lowest BCUT2D eigenvalue weighted by atomic mass is 10.1. The summed E-state index contributed by atoms with van der Waals surface area (Å²) in [6.07, 6.45) is -0.0598. The zero-order chi connectivity index (χ0) is 17.0. The van der Waals surface area contributed by atoms with E-state index in [9.17, 15) is 17.6 Å². The lowest BCUT2D eigenvalue weighted by molar-refractivity contribution is -0.120. The second-order valence-corrected chi connectivity index (χ2v) is 6.89. The summed E-state index contributed by atoms with van der Waals surface area (Å²) in [6.45, 7) is 3.69. The molecule has 0 spiro atoms. The molecule has 2 N–H and O–H groups in total. The molecule has 2 aromatic carbocycles. The average Bonchev–Trinajstić information content (AvgIpc) is 2.50. The molecular weight excluding hydrogens is 319 g/mol. The van der Waals surface area contributed by atoms with Crippen molar-refractivity contribution in [3.05, 3.63) is 65.0 Å². The number of aryl methyl sites for hydroxylation is 2. The minimum absolute atomic E-state index is 0.0598. The molecular formula is C16H17FN2O3S. The second kappa shape index (κ2) is 6.89. The largest absolute Gasteiger partial charge is 0.277 e. The first-order chi connectivity index (χ1) is 10.8. The summed E-state index contributed by atoms with van der Waals surface area (Å²) in [5, 5.41) is 0. The highest BCUT2D eigenvalue weighted by Gasteiger charge is 2.15. The first-order valence-corrected chi connectivity index (χ1v) is 8.38. The van der Waals surface area contributed by atoms with Crippen molar-refractivity contribution in [1.29, 1.82) is 0 Å². The van der Waals surface area contributed by atoms with Gasteiger partial charge in [-0.15, -0.1) is 4.83 Å². The molecule has 2 rings (SSSR count). The normalized spacial score (nSPS) is 11.3. The van der Waals surface area contributed by atoms with Gasteiger partial charge in [-0.3, -0.25) is 10.2 Å². The van der Waals surface area contributed by atoms with Gasteiger partial charge >= 0.3 is 0 Å². The quantitative estimate of drug-likeness (QED) is 0.820. The SMILES string of the molecule is Cc1ccc(S(=O)(=O)NNC(=O)Cc2ccc(F)cc2)cc1C. The van der Waals surface area contributed by atoms with Crippen LogP contribution in [0.4, 0.5) is 4.39 Å². The molecule has 2 aromatic rings. The Balaban J connectivity index is 1.99. The van der Waals surface area contributed by atoms with Gasteiger partial charge in [0.15, 0.2) is 0 Å². The summed E-state index contributed by atoms with van der Waals surface area (Å²) < 4.78 is 37.0. The topological polar surface area (TPSA) is 75.3 Å². The first-order valence-electron chi connectivity index (χ1n) is 6.90. The first kappa shape index (κ1) is 17.1. The summed E-state index contributed by atoms with van der Waals surface area (Å²) in [4.78, 5) is 13.9. The van der Waals surface area contributed by atoms with Crippen molar-refractivity contribution in [2.75, 3.05) is 0 Å². The van der Waals surface area contributed by atoms with E-state index in [4.69, 9.17) is 0 Å². The van der Waals surface area contributed by atoms with Gasteiger partial charge < -0.3 is 0 Å². The molecule has 122 valence electrons. The van der Waals surface area contributed by atoms with Crippen LogP contribution in [-0.4, -0.2) is 14.3 Å². The van der Waals surface area contributed by atoms with Crippen LogP contribution in [0.3, 0.4) is 0 Å².